The van der Waals surface area contributed by atoms with E-state index in [0.29, 0.717) is 0 Å². The highest BCUT2D eigenvalue weighted by molar-refractivity contribution is 5.91. The summed E-state index contributed by atoms with van der Waals surface area (Å²) in [5, 5.41) is 2.87. The Balaban J connectivity index is 2.12. The molecule has 1 rings (SSSR count). The molecule has 0 atom stereocenters. The summed E-state index contributed by atoms with van der Waals surface area (Å²) in [6.45, 7) is 1.49. The molecule has 0 unspecified atom stereocenters. The van der Waals surface area contributed by atoms with Gasteiger partial charge in [0.15, 0.2) is 0 Å². The summed E-state index contributed by atoms with van der Waals surface area (Å²) in [4.78, 5) is 11.5. The molecule has 18 heavy (non-hydrogen) atoms. The quantitative estimate of drug-likeness (QED) is 0.546. The average Bonchev–Trinajstić information content (AvgIpc) is 2.41. The normalized spacial score (nSPS) is 10.7. The van der Waals surface area contributed by atoms with Crippen LogP contribution in [-0.4, -0.2) is 19.0 Å². The predicted octanol–water partition coefficient (Wildman–Crippen LogP) is 2.34. The van der Waals surface area contributed by atoms with E-state index in [-0.39, 0.29) is 5.91 Å². The molecule has 0 fully saturated rings. The van der Waals surface area contributed by atoms with Gasteiger partial charge in [0, 0.05) is 12.6 Å². The molecule has 0 bridgehead atoms. The third-order valence-electron chi connectivity index (χ3n) is 2.66. The Morgan fingerprint density at radius 1 is 1.11 bits per heavy atom. The first-order valence-electron chi connectivity index (χ1n) is 6.54. The number of benzene rings is 1. The molecule has 3 N–H and O–H groups in total. The van der Waals surface area contributed by atoms with Crippen LogP contribution < -0.4 is 11.1 Å². The first-order chi connectivity index (χ1) is 8.83. The van der Waals surface area contributed by atoms with Gasteiger partial charge in [0.25, 0.3) is 0 Å². The first kappa shape index (κ1) is 14.5. The third kappa shape index (κ3) is 6.86. The maximum absolute atomic E-state index is 11.5. The Labute approximate surface area is 109 Å². The zero-order chi connectivity index (χ0) is 13.1. The molecule has 0 radical (unpaired) electrons. The highest BCUT2D eigenvalue weighted by Gasteiger charge is 1.94. The minimum atomic E-state index is -0.0299. The van der Waals surface area contributed by atoms with Crippen molar-refractivity contribution >= 4 is 12.0 Å². The van der Waals surface area contributed by atoms with Gasteiger partial charge in [-0.1, -0.05) is 43.2 Å². The second-order valence-electron chi connectivity index (χ2n) is 4.24. The monoisotopic (exact) mass is 246 g/mol. The Hall–Kier alpha value is -1.61. The van der Waals surface area contributed by atoms with Crippen molar-refractivity contribution < 1.29 is 4.79 Å². The molecular formula is C15H22N2O. The summed E-state index contributed by atoms with van der Waals surface area (Å²) < 4.78 is 0. The predicted molar refractivity (Wildman–Crippen MR) is 76.0 cm³/mol. The summed E-state index contributed by atoms with van der Waals surface area (Å²) in [7, 11) is 0. The summed E-state index contributed by atoms with van der Waals surface area (Å²) >= 11 is 0. The number of nitrogens with two attached hydrogens (primary N) is 1. The van der Waals surface area contributed by atoms with E-state index in [1.54, 1.807) is 6.08 Å². The standard InChI is InChI=1S/C15H22N2O/c16-12-6-1-2-7-13-17-15(18)11-10-14-8-4-3-5-9-14/h3-5,8-11H,1-2,6-7,12-13,16H2,(H,17,18)/b11-10+. The fourth-order valence-electron chi connectivity index (χ4n) is 1.63. The highest BCUT2D eigenvalue weighted by Crippen LogP contribution is 2.00. The Morgan fingerprint density at radius 3 is 2.56 bits per heavy atom. The van der Waals surface area contributed by atoms with Crippen molar-refractivity contribution in [2.75, 3.05) is 13.1 Å². The summed E-state index contributed by atoms with van der Waals surface area (Å²) in [5.41, 5.74) is 6.45. The topological polar surface area (TPSA) is 55.1 Å². The largest absolute Gasteiger partial charge is 0.353 e. The molecule has 0 saturated carbocycles. The molecule has 0 aliphatic carbocycles. The van der Waals surface area contributed by atoms with Crippen LogP contribution in [0.2, 0.25) is 0 Å². The fraction of sp³-hybridized carbons (Fsp3) is 0.400. The van der Waals surface area contributed by atoms with Gasteiger partial charge in [-0.2, -0.15) is 0 Å². The number of hydrogen-bond acceptors (Lipinski definition) is 2. The maximum atomic E-state index is 11.5. The van der Waals surface area contributed by atoms with Gasteiger partial charge >= 0.3 is 0 Å². The van der Waals surface area contributed by atoms with E-state index in [0.717, 1.165) is 44.3 Å². The molecular weight excluding hydrogens is 224 g/mol. The summed E-state index contributed by atoms with van der Waals surface area (Å²) in [6.07, 6.45) is 7.76. The second kappa shape index (κ2) is 9.42. The van der Waals surface area contributed by atoms with Gasteiger partial charge in [-0.25, -0.2) is 0 Å². The number of rotatable bonds is 8. The number of amides is 1. The Kier molecular flexibility index (Phi) is 7.57. The van der Waals surface area contributed by atoms with Crippen LogP contribution in [0.15, 0.2) is 36.4 Å². The third-order valence-corrected chi connectivity index (χ3v) is 2.66. The lowest BCUT2D eigenvalue weighted by Crippen LogP contribution is -2.22. The van der Waals surface area contributed by atoms with E-state index in [1.165, 1.54) is 0 Å². The number of unbranched alkanes of at least 4 members (excludes halogenated alkanes) is 3. The second-order valence-corrected chi connectivity index (χ2v) is 4.24. The SMILES string of the molecule is NCCCCCCNC(=O)/C=C/c1ccccc1. The molecule has 0 aliphatic rings. The molecule has 1 aromatic carbocycles. The molecule has 0 saturated heterocycles. The van der Waals surface area contributed by atoms with Crippen molar-refractivity contribution in [3.05, 3.63) is 42.0 Å². The van der Waals surface area contributed by atoms with Crippen molar-refractivity contribution in [3.8, 4) is 0 Å². The lowest BCUT2D eigenvalue weighted by Gasteiger charge is -2.01. The molecule has 3 heteroatoms. The van der Waals surface area contributed by atoms with E-state index < -0.39 is 0 Å². The smallest absolute Gasteiger partial charge is 0.243 e. The van der Waals surface area contributed by atoms with Gasteiger partial charge in [-0.3, -0.25) is 4.79 Å². The van der Waals surface area contributed by atoms with E-state index in [1.807, 2.05) is 36.4 Å². The minimum absolute atomic E-state index is 0.0299. The molecule has 3 nitrogen and oxygen atoms in total. The van der Waals surface area contributed by atoms with Crippen LogP contribution in [-0.2, 0) is 4.79 Å². The van der Waals surface area contributed by atoms with Crippen LogP contribution >= 0.6 is 0 Å². The molecule has 0 spiro atoms. The van der Waals surface area contributed by atoms with Crippen LogP contribution in [0.1, 0.15) is 31.2 Å². The first-order valence-corrected chi connectivity index (χ1v) is 6.54. The van der Waals surface area contributed by atoms with Crippen molar-refractivity contribution in [1.82, 2.24) is 5.32 Å². The maximum Gasteiger partial charge on any atom is 0.243 e. The average molecular weight is 246 g/mol. The number of carbonyl (C=O) groups excluding carboxylic acids is 1. The van der Waals surface area contributed by atoms with Gasteiger partial charge in [0.05, 0.1) is 0 Å². The zero-order valence-corrected chi connectivity index (χ0v) is 10.8. The number of hydrogen-bond donors (Lipinski definition) is 2. The van der Waals surface area contributed by atoms with E-state index in [2.05, 4.69) is 5.32 Å². The van der Waals surface area contributed by atoms with Crippen molar-refractivity contribution in [1.29, 1.82) is 0 Å². The van der Waals surface area contributed by atoms with Crippen LogP contribution in [0.5, 0.6) is 0 Å². The molecule has 0 aliphatic heterocycles. The number of nitrogens with one attached hydrogen (secondary N) is 1. The van der Waals surface area contributed by atoms with Gasteiger partial charge in [-0.05, 0) is 31.0 Å². The number of carbonyl (C=O) groups is 1. The minimum Gasteiger partial charge on any atom is -0.353 e. The van der Waals surface area contributed by atoms with Crippen molar-refractivity contribution in [2.45, 2.75) is 25.7 Å². The Bertz CT molecular complexity index is 360. The van der Waals surface area contributed by atoms with Gasteiger partial charge in [-0.15, -0.1) is 0 Å². The van der Waals surface area contributed by atoms with Crippen LogP contribution in [0.4, 0.5) is 0 Å². The molecule has 1 aromatic rings. The van der Waals surface area contributed by atoms with E-state index >= 15 is 0 Å². The zero-order valence-electron chi connectivity index (χ0n) is 10.8. The van der Waals surface area contributed by atoms with E-state index in [4.69, 9.17) is 5.73 Å². The Morgan fingerprint density at radius 2 is 1.83 bits per heavy atom. The van der Waals surface area contributed by atoms with Gasteiger partial charge in [0.1, 0.15) is 0 Å². The highest BCUT2D eigenvalue weighted by atomic mass is 16.1. The molecule has 98 valence electrons. The lowest BCUT2D eigenvalue weighted by atomic mass is 10.2. The molecule has 1 amide bonds. The van der Waals surface area contributed by atoms with Crippen molar-refractivity contribution in [3.63, 3.8) is 0 Å². The fourth-order valence-corrected chi connectivity index (χ4v) is 1.63. The molecule has 0 heterocycles. The summed E-state index contributed by atoms with van der Waals surface area (Å²) in [5.74, 6) is -0.0299. The van der Waals surface area contributed by atoms with Crippen LogP contribution in [0.25, 0.3) is 6.08 Å². The van der Waals surface area contributed by atoms with Gasteiger partial charge < -0.3 is 11.1 Å². The summed E-state index contributed by atoms with van der Waals surface area (Å²) in [6, 6.07) is 9.80. The lowest BCUT2D eigenvalue weighted by molar-refractivity contribution is -0.116. The van der Waals surface area contributed by atoms with Gasteiger partial charge in [0.2, 0.25) is 5.91 Å². The van der Waals surface area contributed by atoms with Crippen molar-refractivity contribution in [2.24, 2.45) is 5.73 Å². The van der Waals surface area contributed by atoms with Crippen LogP contribution in [0, 0.1) is 0 Å². The molecule has 0 aromatic heterocycles. The van der Waals surface area contributed by atoms with E-state index in [9.17, 15) is 4.79 Å². The van der Waals surface area contributed by atoms with Crippen LogP contribution in [0.3, 0.4) is 0 Å².